The molecule has 2 heterocycles. The van der Waals surface area contributed by atoms with Crippen molar-refractivity contribution in [3.63, 3.8) is 0 Å². The van der Waals surface area contributed by atoms with Gasteiger partial charge in [-0.15, -0.1) is 11.3 Å². The molecule has 0 aromatic carbocycles. The Balaban J connectivity index is 1.87. The lowest BCUT2D eigenvalue weighted by Gasteiger charge is -2.12. The van der Waals surface area contributed by atoms with Crippen molar-refractivity contribution in [3.05, 3.63) is 16.6 Å². The molecule has 2 unspecified atom stereocenters. The van der Waals surface area contributed by atoms with Crippen LogP contribution in [0.1, 0.15) is 23.8 Å². The minimum Gasteiger partial charge on any atom is -0.381 e. The molecule has 0 saturated carbocycles. The van der Waals surface area contributed by atoms with Crippen LogP contribution in [0.15, 0.2) is 11.7 Å². The van der Waals surface area contributed by atoms with E-state index in [-0.39, 0.29) is 6.04 Å². The average Bonchev–Trinajstić information content (AvgIpc) is 2.74. The molecule has 13 heavy (non-hydrogen) atoms. The van der Waals surface area contributed by atoms with Gasteiger partial charge in [0, 0.05) is 30.3 Å². The summed E-state index contributed by atoms with van der Waals surface area (Å²) in [6.07, 6.45) is 4.06. The molecule has 2 atom stereocenters. The second kappa shape index (κ2) is 4.17. The first-order valence-electron chi connectivity index (χ1n) is 4.58. The predicted octanol–water partition coefficient (Wildman–Crippen LogP) is 1.57. The number of aromatic nitrogens is 1. The molecule has 0 amide bonds. The summed E-state index contributed by atoms with van der Waals surface area (Å²) in [4.78, 5) is 5.21. The van der Waals surface area contributed by atoms with Gasteiger partial charge in [0.2, 0.25) is 0 Å². The zero-order valence-corrected chi connectivity index (χ0v) is 8.30. The first-order valence-corrected chi connectivity index (χ1v) is 5.46. The van der Waals surface area contributed by atoms with E-state index in [9.17, 15) is 0 Å². The van der Waals surface area contributed by atoms with Crippen LogP contribution in [0.5, 0.6) is 0 Å². The fraction of sp³-hybridized carbons (Fsp3) is 0.667. The molecule has 4 heteroatoms. The van der Waals surface area contributed by atoms with Gasteiger partial charge in [-0.2, -0.15) is 0 Å². The minimum atomic E-state index is 0.152. The molecule has 0 spiro atoms. The molecular formula is C9H14N2OS. The molecule has 2 N–H and O–H groups in total. The maximum atomic E-state index is 6.03. The van der Waals surface area contributed by atoms with E-state index in [0.29, 0.717) is 5.92 Å². The van der Waals surface area contributed by atoms with Crippen molar-refractivity contribution in [3.8, 4) is 0 Å². The number of ether oxygens (including phenoxy) is 1. The van der Waals surface area contributed by atoms with Crippen LogP contribution in [0.4, 0.5) is 0 Å². The van der Waals surface area contributed by atoms with Crippen molar-refractivity contribution in [2.24, 2.45) is 11.7 Å². The van der Waals surface area contributed by atoms with Crippen molar-refractivity contribution in [2.45, 2.75) is 18.9 Å². The first-order chi connectivity index (χ1) is 6.36. The summed E-state index contributed by atoms with van der Waals surface area (Å²) in [7, 11) is 0. The van der Waals surface area contributed by atoms with Crippen LogP contribution in [0.3, 0.4) is 0 Å². The number of thiazole rings is 1. The minimum absolute atomic E-state index is 0.152. The Hall–Kier alpha value is -0.450. The van der Waals surface area contributed by atoms with Gasteiger partial charge >= 0.3 is 0 Å². The van der Waals surface area contributed by atoms with Gasteiger partial charge in [0.1, 0.15) is 0 Å². The molecular weight excluding hydrogens is 184 g/mol. The Labute approximate surface area is 81.9 Å². The van der Waals surface area contributed by atoms with Gasteiger partial charge < -0.3 is 10.5 Å². The van der Waals surface area contributed by atoms with Crippen molar-refractivity contribution >= 4 is 11.3 Å². The number of rotatable bonds is 3. The van der Waals surface area contributed by atoms with E-state index in [1.807, 2.05) is 11.7 Å². The quantitative estimate of drug-likeness (QED) is 0.802. The molecule has 1 fully saturated rings. The molecule has 1 aromatic rings. The van der Waals surface area contributed by atoms with Gasteiger partial charge in [-0.1, -0.05) is 0 Å². The normalized spacial score (nSPS) is 24.8. The maximum Gasteiger partial charge on any atom is 0.0794 e. The van der Waals surface area contributed by atoms with Crippen LogP contribution >= 0.6 is 11.3 Å². The van der Waals surface area contributed by atoms with Crippen LogP contribution < -0.4 is 5.73 Å². The largest absolute Gasteiger partial charge is 0.381 e. The lowest BCUT2D eigenvalue weighted by molar-refractivity contribution is 0.183. The molecule has 1 aliphatic heterocycles. The highest BCUT2D eigenvalue weighted by atomic mass is 32.1. The summed E-state index contributed by atoms with van der Waals surface area (Å²) in [6.45, 7) is 1.78. The van der Waals surface area contributed by atoms with Crippen LogP contribution in [0.2, 0.25) is 0 Å². The highest BCUT2D eigenvalue weighted by Gasteiger charge is 2.19. The fourth-order valence-corrected chi connectivity index (χ4v) is 2.29. The third kappa shape index (κ3) is 2.27. The Morgan fingerprint density at radius 1 is 1.77 bits per heavy atom. The van der Waals surface area contributed by atoms with Crippen molar-refractivity contribution in [1.82, 2.24) is 4.98 Å². The Morgan fingerprint density at radius 2 is 2.69 bits per heavy atom. The summed E-state index contributed by atoms with van der Waals surface area (Å²) >= 11 is 1.64. The number of nitrogens with two attached hydrogens (primary N) is 1. The zero-order chi connectivity index (χ0) is 9.10. The Bertz CT molecular complexity index is 244. The molecule has 0 bridgehead atoms. The monoisotopic (exact) mass is 198 g/mol. The Kier molecular flexibility index (Phi) is 2.93. The maximum absolute atomic E-state index is 6.03. The summed E-state index contributed by atoms with van der Waals surface area (Å²) in [5.74, 6) is 0.650. The standard InChI is InChI=1S/C9H14N2OS/c10-8(9-4-11-6-13-9)3-7-1-2-12-5-7/h4,6-8H,1-3,5,10H2. The number of hydrogen-bond donors (Lipinski definition) is 1. The molecule has 2 rings (SSSR count). The van der Waals surface area contributed by atoms with E-state index in [1.54, 1.807) is 11.3 Å². The molecule has 3 nitrogen and oxygen atoms in total. The number of nitrogens with zero attached hydrogens (tertiary/aromatic N) is 1. The summed E-state index contributed by atoms with van der Waals surface area (Å²) in [5.41, 5.74) is 7.87. The van der Waals surface area contributed by atoms with E-state index in [2.05, 4.69) is 4.98 Å². The molecule has 1 aromatic heterocycles. The van der Waals surface area contributed by atoms with E-state index in [4.69, 9.17) is 10.5 Å². The fourth-order valence-electron chi connectivity index (χ4n) is 1.65. The van der Waals surface area contributed by atoms with Crippen LogP contribution in [-0.4, -0.2) is 18.2 Å². The van der Waals surface area contributed by atoms with Crippen LogP contribution in [0.25, 0.3) is 0 Å². The van der Waals surface area contributed by atoms with Crippen LogP contribution in [-0.2, 0) is 4.74 Å². The van der Waals surface area contributed by atoms with Gasteiger partial charge in [0.05, 0.1) is 5.51 Å². The summed E-state index contributed by atoms with van der Waals surface area (Å²) < 4.78 is 5.31. The van der Waals surface area contributed by atoms with E-state index in [0.717, 1.165) is 26.1 Å². The molecule has 1 aliphatic rings. The predicted molar refractivity (Wildman–Crippen MR) is 52.6 cm³/mol. The summed E-state index contributed by atoms with van der Waals surface area (Å²) in [6, 6.07) is 0.152. The highest BCUT2D eigenvalue weighted by Crippen LogP contribution is 2.26. The van der Waals surface area contributed by atoms with Gasteiger partial charge in [-0.3, -0.25) is 4.98 Å². The van der Waals surface area contributed by atoms with Crippen molar-refractivity contribution in [2.75, 3.05) is 13.2 Å². The lowest BCUT2D eigenvalue weighted by atomic mass is 9.99. The topological polar surface area (TPSA) is 48.1 Å². The van der Waals surface area contributed by atoms with Crippen LogP contribution in [0, 0.1) is 5.92 Å². The van der Waals surface area contributed by atoms with Gasteiger partial charge in [0.25, 0.3) is 0 Å². The SMILES string of the molecule is NC(CC1CCOC1)c1cncs1. The number of hydrogen-bond acceptors (Lipinski definition) is 4. The molecule has 72 valence electrons. The second-order valence-corrected chi connectivity index (χ2v) is 4.39. The lowest BCUT2D eigenvalue weighted by Crippen LogP contribution is -2.14. The first kappa shape index (κ1) is 9.12. The van der Waals surface area contributed by atoms with Gasteiger partial charge in [-0.05, 0) is 18.8 Å². The summed E-state index contributed by atoms with van der Waals surface area (Å²) in [5, 5.41) is 0. The second-order valence-electron chi connectivity index (χ2n) is 3.48. The highest BCUT2D eigenvalue weighted by molar-refractivity contribution is 7.09. The van der Waals surface area contributed by atoms with Gasteiger partial charge in [0.15, 0.2) is 0 Å². The average molecular weight is 198 g/mol. The van der Waals surface area contributed by atoms with E-state index >= 15 is 0 Å². The third-order valence-corrected chi connectivity index (χ3v) is 3.34. The van der Waals surface area contributed by atoms with E-state index in [1.165, 1.54) is 4.88 Å². The Morgan fingerprint density at radius 3 is 3.31 bits per heavy atom. The van der Waals surface area contributed by atoms with E-state index < -0.39 is 0 Å². The zero-order valence-electron chi connectivity index (χ0n) is 7.48. The van der Waals surface area contributed by atoms with Gasteiger partial charge in [-0.25, -0.2) is 0 Å². The molecule has 1 saturated heterocycles. The van der Waals surface area contributed by atoms with Crippen molar-refractivity contribution in [1.29, 1.82) is 0 Å². The smallest absolute Gasteiger partial charge is 0.0794 e. The molecule has 0 radical (unpaired) electrons. The molecule has 0 aliphatic carbocycles. The third-order valence-electron chi connectivity index (χ3n) is 2.43. The van der Waals surface area contributed by atoms with Crippen molar-refractivity contribution < 1.29 is 4.74 Å².